The number of benzene rings is 1. The van der Waals surface area contributed by atoms with Gasteiger partial charge in [-0.15, -0.1) is 0 Å². The van der Waals surface area contributed by atoms with Gasteiger partial charge in [0.1, 0.15) is 11.5 Å². The van der Waals surface area contributed by atoms with Crippen LogP contribution in [0.25, 0.3) is 0 Å². The zero-order chi connectivity index (χ0) is 17.5. The quantitative estimate of drug-likeness (QED) is 0.682. The first kappa shape index (κ1) is 17.4. The second kappa shape index (κ2) is 8.02. The molecule has 0 saturated heterocycles. The highest BCUT2D eigenvalue weighted by Crippen LogP contribution is 2.28. The van der Waals surface area contributed by atoms with Crippen molar-refractivity contribution < 1.29 is 28.6 Å². The van der Waals surface area contributed by atoms with Gasteiger partial charge in [0, 0.05) is 18.2 Å². The average molecular weight is 334 g/mol. The summed E-state index contributed by atoms with van der Waals surface area (Å²) in [6, 6.07) is 6.33. The average Bonchev–Trinajstić information content (AvgIpc) is 3.14. The second-order valence-corrected chi connectivity index (χ2v) is 4.80. The van der Waals surface area contributed by atoms with Crippen molar-refractivity contribution >= 4 is 17.5 Å². The van der Waals surface area contributed by atoms with Gasteiger partial charge in [0.2, 0.25) is 0 Å². The van der Waals surface area contributed by atoms with E-state index in [4.69, 9.17) is 13.9 Å². The molecule has 2 amide bonds. The van der Waals surface area contributed by atoms with Crippen molar-refractivity contribution in [3.8, 4) is 11.5 Å². The number of ether oxygens (including phenoxy) is 2. The number of aliphatic hydroxyl groups is 1. The third-order valence-electron chi connectivity index (χ3n) is 3.25. The molecule has 0 unspecified atom stereocenters. The zero-order valence-corrected chi connectivity index (χ0v) is 13.2. The maximum atomic E-state index is 11.9. The van der Waals surface area contributed by atoms with Crippen LogP contribution < -0.4 is 20.1 Å². The summed E-state index contributed by atoms with van der Waals surface area (Å²) in [4.78, 5) is 23.7. The summed E-state index contributed by atoms with van der Waals surface area (Å²) in [6.07, 6.45) is 1.80. The molecule has 8 nitrogen and oxygen atoms in total. The summed E-state index contributed by atoms with van der Waals surface area (Å²) in [7, 11) is 2.94. The molecule has 128 valence electrons. The number of amides is 2. The van der Waals surface area contributed by atoms with Crippen molar-refractivity contribution in [3.05, 3.63) is 42.4 Å². The van der Waals surface area contributed by atoms with Gasteiger partial charge in [-0.1, -0.05) is 0 Å². The van der Waals surface area contributed by atoms with E-state index in [1.54, 1.807) is 24.3 Å². The van der Waals surface area contributed by atoms with E-state index < -0.39 is 17.9 Å². The van der Waals surface area contributed by atoms with Crippen molar-refractivity contribution in [2.75, 3.05) is 26.1 Å². The summed E-state index contributed by atoms with van der Waals surface area (Å²) in [5.41, 5.74) is 0.835. The van der Waals surface area contributed by atoms with E-state index in [0.717, 1.165) is 0 Å². The van der Waals surface area contributed by atoms with Gasteiger partial charge in [-0.25, -0.2) is 0 Å². The van der Waals surface area contributed by atoms with Crippen LogP contribution in [0.2, 0.25) is 0 Å². The number of rotatable bonds is 6. The first-order chi connectivity index (χ1) is 11.5. The van der Waals surface area contributed by atoms with Crippen LogP contribution in [0, 0.1) is 0 Å². The molecule has 0 aliphatic carbocycles. The number of carbonyl (C=O) groups is 2. The number of anilines is 1. The number of furan rings is 1. The number of aliphatic hydroxyl groups excluding tert-OH is 1. The fourth-order valence-corrected chi connectivity index (χ4v) is 1.93. The normalized spacial score (nSPS) is 11.5. The molecule has 0 fully saturated rings. The molecule has 0 radical (unpaired) electrons. The second-order valence-electron chi connectivity index (χ2n) is 4.80. The molecule has 0 bridgehead atoms. The smallest absolute Gasteiger partial charge is 0.313 e. The van der Waals surface area contributed by atoms with Gasteiger partial charge >= 0.3 is 11.8 Å². The minimum Gasteiger partial charge on any atom is -0.497 e. The lowest BCUT2D eigenvalue weighted by Gasteiger charge is -2.12. The number of nitrogens with one attached hydrogen (secondary N) is 2. The molecule has 0 aliphatic heterocycles. The Balaban J connectivity index is 1.93. The molecule has 1 aromatic carbocycles. The van der Waals surface area contributed by atoms with Gasteiger partial charge in [-0.2, -0.15) is 0 Å². The topological polar surface area (TPSA) is 110 Å². The lowest BCUT2D eigenvalue weighted by Crippen LogP contribution is -2.37. The Labute approximate surface area is 138 Å². The van der Waals surface area contributed by atoms with E-state index >= 15 is 0 Å². The summed E-state index contributed by atoms with van der Waals surface area (Å²) in [5.74, 6) is -0.847. The van der Waals surface area contributed by atoms with E-state index in [1.807, 2.05) is 0 Å². The van der Waals surface area contributed by atoms with Crippen molar-refractivity contribution in [2.45, 2.75) is 6.10 Å². The minimum atomic E-state index is -0.962. The molecule has 0 aliphatic rings. The summed E-state index contributed by atoms with van der Waals surface area (Å²) in [5, 5.41) is 14.6. The summed E-state index contributed by atoms with van der Waals surface area (Å²) in [6.45, 7) is -0.120. The van der Waals surface area contributed by atoms with Gasteiger partial charge in [0.15, 0.2) is 0 Å². The SMILES string of the molecule is COc1ccc(NC(=O)C(=O)NC[C@H](O)c2ccoc2)c(OC)c1. The molecule has 1 heterocycles. The summed E-state index contributed by atoms with van der Waals surface area (Å²) >= 11 is 0. The molecule has 8 heteroatoms. The minimum absolute atomic E-state index is 0.120. The lowest BCUT2D eigenvalue weighted by atomic mass is 10.2. The van der Waals surface area contributed by atoms with Crippen LogP contribution >= 0.6 is 0 Å². The van der Waals surface area contributed by atoms with Crippen LogP contribution in [0.4, 0.5) is 5.69 Å². The van der Waals surface area contributed by atoms with Crippen molar-refractivity contribution in [1.29, 1.82) is 0 Å². The maximum absolute atomic E-state index is 11.9. The van der Waals surface area contributed by atoms with Gasteiger partial charge in [0.25, 0.3) is 0 Å². The Bertz CT molecular complexity index is 699. The molecular formula is C16H18N2O6. The van der Waals surface area contributed by atoms with E-state index in [-0.39, 0.29) is 6.54 Å². The molecule has 24 heavy (non-hydrogen) atoms. The monoisotopic (exact) mass is 334 g/mol. The predicted molar refractivity (Wildman–Crippen MR) is 84.9 cm³/mol. The standard InChI is InChI=1S/C16H18N2O6/c1-22-11-3-4-12(14(7-11)23-2)18-16(21)15(20)17-8-13(19)10-5-6-24-9-10/h3-7,9,13,19H,8H2,1-2H3,(H,17,20)(H,18,21)/t13-/m0/s1. The third kappa shape index (κ3) is 4.26. The molecule has 2 aromatic rings. The van der Waals surface area contributed by atoms with Crippen LogP contribution in [0.15, 0.2) is 41.2 Å². The van der Waals surface area contributed by atoms with E-state index in [0.29, 0.717) is 22.7 Å². The lowest BCUT2D eigenvalue weighted by molar-refractivity contribution is -0.136. The van der Waals surface area contributed by atoms with Crippen LogP contribution in [-0.4, -0.2) is 37.7 Å². The Kier molecular flexibility index (Phi) is 5.80. The Morgan fingerprint density at radius 1 is 1.21 bits per heavy atom. The molecule has 3 N–H and O–H groups in total. The van der Waals surface area contributed by atoms with Gasteiger partial charge in [-0.05, 0) is 18.2 Å². The van der Waals surface area contributed by atoms with Crippen LogP contribution in [0.1, 0.15) is 11.7 Å². The molecule has 1 aromatic heterocycles. The molecule has 0 saturated carbocycles. The maximum Gasteiger partial charge on any atom is 0.313 e. The van der Waals surface area contributed by atoms with E-state index in [2.05, 4.69) is 10.6 Å². The van der Waals surface area contributed by atoms with Gasteiger partial charge < -0.3 is 29.6 Å². The van der Waals surface area contributed by atoms with Gasteiger partial charge in [-0.3, -0.25) is 9.59 Å². The number of carbonyl (C=O) groups excluding carboxylic acids is 2. The van der Waals surface area contributed by atoms with E-state index in [9.17, 15) is 14.7 Å². The molecule has 2 rings (SSSR count). The fourth-order valence-electron chi connectivity index (χ4n) is 1.93. The Hall–Kier alpha value is -3.00. The van der Waals surface area contributed by atoms with Gasteiger partial charge in [0.05, 0.1) is 38.5 Å². The highest BCUT2D eigenvalue weighted by atomic mass is 16.5. The zero-order valence-electron chi connectivity index (χ0n) is 13.2. The molecule has 0 spiro atoms. The first-order valence-corrected chi connectivity index (χ1v) is 7.06. The molecular weight excluding hydrogens is 316 g/mol. The summed E-state index contributed by atoms with van der Waals surface area (Å²) < 4.78 is 15.0. The van der Waals surface area contributed by atoms with Crippen molar-refractivity contribution in [3.63, 3.8) is 0 Å². The highest BCUT2D eigenvalue weighted by Gasteiger charge is 2.18. The Morgan fingerprint density at radius 2 is 2.00 bits per heavy atom. The van der Waals surface area contributed by atoms with Crippen LogP contribution in [0.3, 0.4) is 0 Å². The first-order valence-electron chi connectivity index (χ1n) is 7.06. The van der Waals surface area contributed by atoms with Crippen molar-refractivity contribution in [1.82, 2.24) is 5.32 Å². The highest BCUT2D eigenvalue weighted by molar-refractivity contribution is 6.39. The Morgan fingerprint density at radius 3 is 2.62 bits per heavy atom. The third-order valence-corrected chi connectivity index (χ3v) is 3.25. The predicted octanol–water partition coefficient (Wildman–Crippen LogP) is 1.09. The molecule has 1 atom stereocenters. The number of hydrogen-bond acceptors (Lipinski definition) is 6. The number of methoxy groups -OCH3 is 2. The van der Waals surface area contributed by atoms with Crippen molar-refractivity contribution in [2.24, 2.45) is 0 Å². The van der Waals surface area contributed by atoms with Crippen LogP contribution in [0.5, 0.6) is 11.5 Å². The number of hydrogen-bond donors (Lipinski definition) is 3. The largest absolute Gasteiger partial charge is 0.497 e. The van der Waals surface area contributed by atoms with E-state index in [1.165, 1.54) is 26.7 Å². The fraction of sp³-hybridized carbons (Fsp3) is 0.250. The van der Waals surface area contributed by atoms with Crippen LogP contribution in [-0.2, 0) is 9.59 Å².